The first kappa shape index (κ1) is 16.9. The van der Waals surface area contributed by atoms with E-state index < -0.39 is 0 Å². The van der Waals surface area contributed by atoms with E-state index in [1.54, 1.807) is 11.8 Å². The summed E-state index contributed by atoms with van der Waals surface area (Å²) < 4.78 is 1.09. The Bertz CT molecular complexity index is 622. The van der Waals surface area contributed by atoms with E-state index in [0.717, 1.165) is 20.9 Å². The normalized spacial score (nSPS) is 11.7. The topological polar surface area (TPSA) is 12.0 Å². The first-order valence-corrected chi connectivity index (χ1v) is 8.80. The summed E-state index contributed by atoms with van der Waals surface area (Å²) in [6.07, 6.45) is 0. The van der Waals surface area contributed by atoms with E-state index in [4.69, 9.17) is 11.6 Å². The predicted octanol–water partition coefficient (Wildman–Crippen LogP) is 6.14. The maximum Gasteiger partial charge on any atom is 0.0548 e. The number of halogens is 2. The third-order valence-electron chi connectivity index (χ3n) is 2.91. The van der Waals surface area contributed by atoms with Gasteiger partial charge in [0.15, 0.2) is 0 Å². The monoisotopic (exact) mass is 383 g/mol. The molecule has 0 aliphatic rings. The fourth-order valence-electron chi connectivity index (χ4n) is 1.80. The van der Waals surface area contributed by atoms with Crippen molar-refractivity contribution in [3.8, 4) is 0 Å². The molecule has 4 heteroatoms. The molecule has 0 aliphatic heterocycles. The molecule has 0 unspecified atom stereocenters. The lowest BCUT2D eigenvalue weighted by Gasteiger charge is -2.22. The summed E-state index contributed by atoms with van der Waals surface area (Å²) in [5.41, 5.74) is 1.30. The van der Waals surface area contributed by atoms with Crippen LogP contribution in [0.1, 0.15) is 26.3 Å². The van der Waals surface area contributed by atoms with Crippen molar-refractivity contribution in [3.63, 3.8) is 0 Å². The first-order chi connectivity index (χ1) is 9.87. The maximum absolute atomic E-state index is 6.42. The van der Waals surface area contributed by atoms with Gasteiger partial charge in [-0.2, -0.15) is 0 Å². The van der Waals surface area contributed by atoms with Crippen molar-refractivity contribution in [2.24, 2.45) is 0 Å². The van der Waals surface area contributed by atoms with Gasteiger partial charge in [0, 0.05) is 26.3 Å². The van der Waals surface area contributed by atoms with Crippen molar-refractivity contribution in [2.45, 2.75) is 42.6 Å². The lowest BCUT2D eigenvalue weighted by Crippen LogP contribution is -2.35. The summed E-state index contributed by atoms with van der Waals surface area (Å²) in [7, 11) is 0. The molecule has 2 aromatic carbocycles. The molecule has 0 saturated carbocycles. The van der Waals surface area contributed by atoms with Crippen LogP contribution >= 0.6 is 39.3 Å². The van der Waals surface area contributed by atoms with Crippen LogP contribution in [-0.2, 0) is 6.54 Å². The molecular weight excluding hydrogens is 366 g/mol. The Balaban J connectivity index is 2.28. The van der Waals surface area contributed by atoms with Gasteiger partial charge < -0.3 is 5.32 Å². The van der Waals surface area contributed by atoms with Gasteiger partial charge in [0.1, 0.15) is 0 Å². The molecule has 0 heterocycles. The van der Waals surface area contributed by atoms with Crippen molar-refractivity contribution in [3.05, 3.63) is 57.5 Å². The van der Waals surface area contributed by atoms with Gasteiger partial charge in [0.2, 0.25) is 0 Å². The fourth-order valence-corrected chi connectivity index (χ4v) is 3.61. The number of nitrogens with one attached hydrogen (secondary N) is 1. The maximum atomic E-state index is 6.42. The van der Waals surface area contributed by atoms with Crippen LogP contribution in [0, 0.1) is 0 Å². The van der Waals surface area contributed by atoms with Crippen molar-refractivity contribution >= 4 is 39.3 Å². The van der Waals surface area contributed by atoms with Crippen LogP contribution < -0.4 is 5.32 Å². The number of rotatable bonds is 4. The highest BCUT2D eigenvalue weighted by molar-refractivity contribution is 9.10. The smallest absolute Gasteiger partial charge is 0.0548 e. The molecule has 0 radical (unpaired) electrons. The van der Waals surface area contributed by atoms with Crippen molar-refractivity contribution in [1.82, 2.24) is 5.32 Å². The van der Waals surface area contributed by atoms with Crippen molar-refractivity contribution in [2.75, 3.05) is 0 Å². The van der Waals surface area contributed by atoms with Crippen LogP contribution in [0.2, 0.25) is 5.02 Å². The molecule has 0 aliphatic carbocycles. The molecule has 2 aromatic rings. The summed E-state index contributed by atoms with van der Waals surface area (Å²) in [5, 5.41) is 4.32. The Hall–Kier alpha value is -0.480. The van der Waals surface area contributed by atoms with Gasteiger partial charge in [0.25, 0.3) is 0 Å². The molecule has 112 valence electrons. The van der Waals surface area contributed by atoms with Crippen LogP contribution in [0.5, 0.6) is 0 Å². The Morgan fingerprint density at radius 2 is 1.81 bits per heavy atom. The molecule has 0 fully saturated rings. The van der Waals surface area contributed by atoms with Crippen molar-refractivity contribution in [1.29, 1.82) is 0 Å². The molecular formula is C17H19BrClNS. The van der Waals surface area contributed by atoms with Gasteiger partial charge >= 0.3 is 0 Å². The van der Waals surface area contributed by atoms with Gasteiger partial charge in [-0.15, -0.1) is 0 Å². The molecule has 1 nitrogen and oxygen atoms in total. The Morgan fingerprint density at radius 3 is 2.48 bits per heavy atom. The lowest BCUT2D eigenvalue weighted by molar-refractivity contribution is 0.422. The molecule has 0 amide bonds. The van der Waals surface area contributed by atoms with E-state index in [9.17, 15) is 0 Å². The van der Waals surface area contributed by atoms with E-state index in [1.165, 1.54) is 10.5 Å². The summed E-state index contributed by atoms with van der Waals surface area (Å²) in [6.45, 7) is 7.30. The number of hydrogen-bond acceptors (Lipinski definition) is 2. The predicted molar refractivity (Wildman–Crippen MR) is 96.3 cm³/mol. The van der Waals surface area contributed by atoms with E-state index in [0.29, 0.717) is 0 Å². The highest BCUT2D eigenvalue weighted by atomic mass is 79.9. The van der Waals surface area contributed by atoms with Crippen LogP contribution in [0.3, 0.4) is 0 Å². The second kappa shape index (κ2) is 7.19. The molecule has 2 rings (SSSR count). The minimum absolute atomic E-state index is 0.0809. The summed E-state index contributed by atoms with van der Waals surface area (Å²) in [4.78, 5) is 2.28. The molecule has 0 spiro atoms. The van der Waals surface area contributed by atoms with Gasteiger partial charge in [-0.05, 0) is 60.5 Å². The highest BCUT2D eigenvalue weighted by Crippen LogP contribution is 2.39. The minimum Gasteiger partial charge on any atom is -0.308 e. The van der Waals surface area contributed by atoms with Crippen LogP contribution in [-0.4, -0.2) is 5.54 Å². The Kier molecular flexibility index (Phi) is 5.78. The minimum atomic E-state index is 0.0809. The van der Waals surface area contributed by atoms with Crippen molar-refractivity contribution < 1.29 is 0 Å². The fraction of sp³-hybridized carbons (Fsp3) is 0.294. The second-order valence-corrected chi connectivity index (χ2v) is 8.18. The second-order valence-electron chi connectivity index (χ2n) is 5.86. The zero-order chi connectivity index (χ0) is 15.5. The Labute approximate surface area is 144 Å². The van der Waals surface area contributed by atoms with Crippen LogP contribution in [0.15, 0.2) is 56.7 Å². The molecule has 0 aromatic heterocycles. The SMILES string of the molecule is CC(C)(C)NCc1cccc(Cl)c1Sc1ccccc1Br. The van der Waals surface area contributed by atoms with Gasteiger partial charge in [-0.1, -0.05) is 47.6 Å². The summed E-state index contributed by atoms with van der Waals surface area (Å²) >= 11 is 11.7. The molecule has 0 atom stereocenters. The molecule has 0 saturated heterocycles. The van der Waals surface area contributed by atoms with Crippen LogP contribution in [0.4, 0.5) is 0 Å². The molecule has 0 bridgehead atoms. The molecule has 1 N–H and O–H groups in total. The quantitative estimate of drug-likeness (QED) is 0.679. The zero-order valence-corrected chi connectivity index (χ0v) is 15.6. The highest BCUT2D eigenvalue weighted by Gasteiger charge is 2.14. The average molecular weight is 385 g/mol. The van der Waals surface area contributed by atoms with E-state index >= 15 is 0 Å². The third-order valence-corrected chi connectivity index (χ3v) is 5.55. The largest absolute Gasteiger partial charge is 0.308 e. The third kappa shape index (κ3) is 5.03. The van der Waals surface area contributed by atoms with Gasteiger partial charge in [-0.3, -0.25) is 0 Å². The van der Waals surface area contributed by atoms with E-state index in [2.05, 4.69) is 54.2 Å². The van der Waals surface area contributed by atoms with Crippen LogP contribution in [0.25, 0.3) is 0 Å². The Morgan fingerprint density at radius 1 is 1.10 bits per heavy atom. The van der Waals surface area contributed by atoms with Gasteiger partial charge in [0.05, 0.1) is 5.02 Å². The molecule has 21 heavy (non-hydrogen) atoms. The number of hydrogen-bond donors (Lipinski definition) is 1. The van der Waals surface area contributed by atoms with E-state index in [1.807, 2.05) is 30.3 Å². The number of benzene rings is 2. The summed E-state index contributed by atoms with van der Waals surface area (Å²) in [6, 6.07) is 14.3. The summed E-state index contributed by atoms with van der Waals surface area (Å²) in [5.74, 6) is 0. The van der Waals surface area contributed by atoms with Gasteiger partial charge in [-0.25, -0.2) is 0 Å². The standard InChI is InChI=1S/C17H19BrClNS/c1-17(2,3)20-11-12-7-6-9-14(19)16(12)21-15-10-5-4-8-13(15)18/h4-10,20H,11H2,1-3H3. The first-order valence-electron chi connectivity index (χ1n) is 6.81. The average Bonchev–Trinajstić information content (AvgIpc) is 2.41. The zero-order valence-electron chi connectivity index (χ0n) is 12.4. The lowest BCUT2D eigenvalue weighted by atomic mass is 10.1. The van der Waals surface area contributed by atoms with E-state index in [-0.39, 0.29) is 5.54 Å².